The number of benzene rings is 1. The predicted octanol–water partition coefficient (Wildman–Crippen LogP) is 2.39. The van der Waals surface area contributed by atoms with Crippen LogP contribution in [0.25, 0.3) is 10.6 Å². The Hall–Kier alpha value is -2.21. The first-order valence-corrected chi connectivity index (χ1v) is 6.89. The van der Waals surface area contributed by atoms with E-state index in [2.05, 4.69) is 4.98 Å². The highest BCUT2D eigenvalue weighted by atomic mass is 32.1. The van der Waals surface area contributed by atoms with Gasteiger partial charge >= 0.3 is 5.97 Å². The fraction of sp³-hybridized carbons (Fsp3) is 0.214. The van der Waals surface area contributed by atoms with Gasteiger partial charge in [0.2, 0.25) is 5.91 Å². The van der Waals surface area contributed by atoms with Crippen molar-refractivity contribution in [3.8, 4) is 10.6 Å². The lowest BCUT2D eigenvalue weighted by Gasteiger charge is -1.98. The van der Waals surface area contributed by atoms with Crippen molar-refractivity contribution in [2.24, 2.45) is 5.73 Å². The van der Waals surface area contributed by atoms with Gasteiger partial charge in [0, 0.05) is 11.1 Å². The Labute approximate surface area is 120 Å². The molecule has 1 aromatic heterocycles. The number of ether oxygens (including phenoxy) is 1. The molecule has 0 aliphatic carbocycles. The van der Waals surface area contributed by atoms with Gasteiger partial charge in [0.05, 0.1) is 12.3 Å². The molecule has 0 aliphatic heterocycles. The maximum absolute atomic E-state index is 11.7. The summed E-state index contributed by atoms with van der Waals surface area (Å²) in [4.78, 5) is 27.6. The SMILES string of the molecule is CCOC(=O)c1sc(-c2ccc(C(N)=O)cc2)nc1C. The molecule has 0 spiro atoms. The van der Waals surface area contributed by atoms with Crippen LogP contribution in [0.3, 0.4) is 0 Å². The first-order valence-electron chi connectivity index (χ1n) is 6.07. The average molecular weight is 290 g/mol. The molecule has 2 aromatic rings. The van der Waals surface area contributed by atoms with Crippen molar-refractivity contribution in [1.82, 2.24) is 4.98 Å². The number of rotatable bonds is 4. The standard InChI is InChI=1S/C14H14N2O3S/c1-3-19-14(18)11-8(2)16-13(20-11)10-6-4-9(5-7-10)12(15)17/h4-7H,3H2,1-2H3,(H2,15,17). The number of aryl methyl sites for hydroxylation is 1. The summed E-state index contributed by atoms with van der Waals surface area (Å²) < 4.78 is 4.98. The Morgan fingerprint density at radius 2 is 1.95 bits per heavy atom. The fourth-order valence-corrected chi connectivity index (χ4v) is 2.65. The zero-order chi connectivity index (χ0) is 14.7. The largest absolute Gasteiger partial charge is 0.462 e. The van der Waals surface area contributed by atoms with E-state index in [9.17, 15) is 9.59 Å². The number of esters is 1. The first kappa shape index (κ1) is 14.2. The van der Waals surface area contributed by atoms with Gasteiger partial charge in [-0.2, -0.15) is 0 Å². The zero-order valence-electron chi connectivity index (χ0n) is 11.2. The molecule has 0 atom stereocenters. The third kappa shape index (κ3) is 2.85. The second kappa shape index (κ2) is 5.83. The van der Waals surface area contributed by atoms with Gasteiger partial charge in [-0.3, -0.25) is 4.79 Å². The molecule has 2 rings (SSSR count). The molecular formula is C14H14N2O3S. The highest BCUT2D eigenvalue weighted by Gasteiger charge is 2.17. The van der Waals surface area contributed by atoms with Gasteiger partial charge in [0.15, 0.2) is 0 Å². The Bertz CT molecular complexity index is 647. The minimum Gasteiger partial charge on any atom is -0.462 e. The Morgan fingerprint density at radius 3 is 2.50 bits per heavy atom. The van der Waals surface area contributed by atoms with E-state index in [0.717, 1.165) is 5.56 Å². The van der Waals surface area contributed by atoms with Gasteiger partial charge in [-0.25, -0.2) is 9.78 Å². The maximum atomic E-state index is 11.7. The van der Waals surface area contributed by atoms with Crippen molar-refractivity contribution in [3.63, 3.8) is 0 Å². The molecule has 2 N–H and O–H groups in total. The van der Waals surface area contributed by atoms with Gasteiger partial charge in [0.25, 0.3) is 0 Å². The first-order chi connectivity index (χ1) is 9.52. The van der Waals surface area contributed by atoms with Crippen molar-refractivity contribution >= 4 is 23.2 Å². The molecule has 20 heavy (non-hydrogen) atoms. The summed E-state index contributed by atoms with van der Waals surface area (Å²) in [6, 6.07) is 6.79. The number of aromatic nitrogens is 1. The molecule has 0 saturated carbocycles. The highest BCUT2D eigenvalue weighted by molar-refractivity contribution is 7.17. The molecule has 0 radical (unpaired) electrons. The quantitative estimate of drug-likeness (QED) is 0.876. The van der Waals surface area contributed by atoms with E-state index in [-0.39, 0.29) is 5.97 Å². The number of primary amides is 1. The van der Waals surface area contributed by atoms with Crippen LogP contribution in [0.15, 0.2) is 24.3 Å². The molecule has 0 fully saturated rings. The van der Waals surface area contributed by atoms with Crippen LogP contribution in [-0.4, -0.2) is 23.5 Å². The summed E-state index contributed by atoms with van der Waals surface area (Å²) in [6.07, 6.45) is 0. The summed E-state index contributed by atoms with van der Waals surface area (Å²) in [5.41, 5.74) is 7.10. The number of nitrogens with zero attached hydrogens (tertiary/aromatic N) is 1. The van der Waals surface area contributed by atoms with Gasteiger partial charge < -0.3 is 10.5 Å². The van der Waals surface area contributed by atoms with Gasteiger partial charge in [-0.05, 0) is 26.0 Å². The van der Waals surface area contributed by atoms with Gasteiger partial charge in [0.1, 0.15) is 9.88 Å². The smallest absolute Gasteiger partial charge is 0.350 e. The zero-order valence-corrected chi connectivity index (χ0v) is 12.0. The Balaban J connectivity index is 2.32. The molecule has 0 bridgehead atoms. The molecule has 1 aromatic carbocycles. The highest BCUT2D eigenvalue weighted by Crippen LogP contribution is 2.28. The third-order valence-corrected chi connectivity index (χ3v) is 3.86. The molecule has 1 heterocycles. The summed E-state index contributed by atoms with van der Waals surface area (Å²) in [6.45, 7) is 3.86. The van der Waals surface area contributed by atoms with Crippen molar-refractivity contribution in [2.75, 3.05) is 6.61 Å². The van der Waals surface area contributed by atoms with Crippen LogP contribution in [0.1, 0.15) is 32.6 Å². The maximum Gasteiger partial charge on any atom is 0.350 e. The molecule has 1 amide bonds. The summed E-state index contributed by atoms with van der Waals surface area (Å²) in [7, 11) is 0. The van der Waals surface area contributed by atoms with Crippen molar-refractivity contribution < 1.29 is 14.3 Å². The number of amides is 1. The number of thiazole rings is 1. The van der Waals surface area contributed by atoms with E-state index in [1.54, 1.807) is 38.1 Å². The number of carbonyl (C=O) groups is 2. The molecule has 0 aliphatic rings. The molecule has 104 valence electrons. The predicted molar refractivity (Wildman–Crippen MR) is 76.8 cm³/mol. The van der Waals surface area contributed by atoms with Crippen LogP contribution >= 0.6 is 11.3 Å². The number of carbonyl (C=O) groups excluding carboxylic acids is 2. The van der Waals surface area contributed by atoms with E-state index < -0.39 is 5.91 Å². The van der Waals surface area contributed by atoms with Crippen LogP contribution in [-0.2, 0) is 4.74 Å². The van der Waals surface area contributed by atoms with Gasteiger partial charge in [-0.1, -0.05) is 12.1 Å². The van der Waals surface area contributed by atoms with Crippen LogP contribution in [0.2, 0.25) is 0 Å². The van der Waals surface area contributed by atoms with Crippen molar-refractivity contribution in [2.45, 2.75) is 13.8 Å². The lowest BCUT2D eigenvalue weighted by atomic mass is 10.1. The van der Waals surface area contributed by atoms with Crippen LogP contribution in [0.4, 0.5) is 0 Å². The van der Waals surface area contributed by atoms with Crippen molar-refractivity contribution in [3.05, 3.63) is 40.4 Å². The van der Waals surface area contributed by atoms with Crippen molar-refractivity contribution in [1.29, 1.82) is 0 Å². The lowest BCUT2D eigenvalue weighted by Crippen LogP contribution is -2.10. The van der Waals surface area contributed by atoms with E-state index in [0.29, 0.717) is 27.7 Å². The van der Waals surface area contributed by atoms with E-state index in [1.165, 1.54) is 11.3 Å². The summed E-state index contributed by atoms with van der Waals surface area (Å²) in [5.74, 6) is -0.832. The molecule has 5 nitrogen and oxygen atoms in total. The lowest BCUT2D eigenvalue weighted by molar-refractivity contribution is 0.0531. The van der Waals surface area contributed by atoms with E-state index in [1.807, 2.05) is 0 Å². The van der Waals surface area contributed by atoms with E-state index >= 15 is 0 Å². The second-order valence-corrected chi connectivity index (χ2v) is 5.09. The molecule has 0 unspecified atom stereocenters. The Morgan fingerprint density at radius 1 is 1.30 bits per heavy atom. The fourth-order valence-electron chi connectivity index (χ4n) is 1.68. The number of hydrogen-bond acceptors (Lipinski definition) is 5. The minimum absolute atomic E-state index is 0.332. The molecule has 0 saturated heterocycles. The van der Waals surface area contributed by atoms with Crippen LogP contribution < -0.4 is 5.73 Å². The Kier molecular flexibility index (Phi) is 4.14. The topological polar surface area (TPSA) is 82.3 Å². The summed E-state index contributed by atoms with van der Waals surface area (Å²) >= 11 is 1.27. The van der Waals surface area contributed by atoms with Gasteiger partial charge in [-0.15, -0.1) is 11.3 Å². The third-order valence-electron chi connectivity index (χ3n) is 2.67. The molecular weight excluding hydrogens is 276 g/mol. The normalized spacial score (nSPS) is 10.3. The van der Waals surface area contributed by atoms with Crippen LogP contribution in [0, 0.1) is 6.92 Å². The van der Waals surface area contributed by atoms with E-state index in [4.69, 9.17) is 10.5 Å². The number of hydrogen-bond donors (Lipinski definition) is 1. The minimum atomic E-state index is -0.473. The molecule has 6 heteroatoms. The summed E-state index contributed by atoms with van der Waals surface area (Å²) in [5, 5.41) is 0.710. The average Bonchev–Trinajstić information content (AvgIpc) is 2.81. The second-order valence-electron chi connectivity index (χ2n) is 4.10. The number of nitrogens with two attached hydrogens (primary N) is 1. The monoisotopic (exact) mass is 290 g/mol. The van der Waals surface area contributed by atoms with Crippen LogP contribution in [0.5, 0.6) is 0 Å².